The highest BCUT2D eigenvalue weighted by Crippen LogP contribution is 2.24. The second-order valence-corrected chi connectivity index (χ2v) is 11.9. The van der Waals surface area contributed by atoms with Gasteiger partial charge in [-0.15, -0.1) is 0 Å². The third-order valence-electron chi connectivity index (χ3n) is 7.91. The lowest BCUT2D eigenvalue weighted by Crippen LogP contribution is -2.07. The highest BCUT2D eigenvalue weighted by atomic mass is 16.5. The van der Waals surface area contributed by atoms with Gasteiger partial charge in [-0.05, 0) is 91.4 Å². The monoisotopic (exact) mass is 672 g/mol. The van der Waals surface area contributed by atoms with Gasteiger partial charge in [-0.3, -0.25) is 4.79 Å². The lowest BCUT2D eigenvalue weighted by molar-refractivity contribution is -0.134. The van der Waals surface area contributed by atoms with Crippen LogP contribution in [-0.2, 0) is 20.7 Å². The first-order valence-corrected chi connectivity index (χ1v) is 17.0. The molecule has 0 aliphatic rings. The van der Waals surface area contributed by atoms with Crippen LogP contribution in [0.5, 0.6) is 11.5 Å². The molecule has 3 aromatic carbocycles. The zero-order chi connectivity index (χ0) is 35.4. The van der Waals surface area contributed by atoms with Gasteiger partial charge < -0.3 is 30.8 Å². The van der Waals surface area contributed by atoms with Crippen molar-refractivity contribution in [3.8, 4) is 11.5 Å². The third-order valence-corrected chi connectivity index (χ3v) is 7.91. The molecule has 0 bridgehead atoms. The van der Waals surface area contributed by atoms with Gasteiger partial charge in [0.1, 0.15) is 11.5 Å². The normalized spacial score (nSPS) is 11.0. The van der Waals surface area contributed by atoms with Crippen molar-refractivity contribution in [2.24, 2.45) is 0 Å². The summed E-state index contributed by atoms with van der Waals surface area (Å²) in [6.45, 7) is 2.36. The van der Waals surface area contributed by atoms with Crippen LogP contribution in [0.15, 0.2) is 66.7 Å². The average Bonchev–Trinajstić information content (AvgIpc) is 3.08. The van der Waals surface area contributed by atoms with Gasteiger partial charge in [-0.1, -0.05) is 70.4 Å². The maximum atomic E-state index is 12.4. The Morgan fingerprint density at radius 3 is 1.94 bits per heavy atom. The number of esters is 3. The number of aromatic carboxylic acids is 1. The van der Waals surface area contributed by atoms with Gasteiger partial charge in [0.15, 0.2) is 0 Å². The fraction of sp³-hybridized carbons (Fsp3) is 0.385. The average molecular weight is 673 g/mol. The van der Waals surface area contributed by atoms with Crippen LogP contribution in [0.3, 0.4) is 0 Å². The lowest BCUT2D eigenvalue weighted by Gasteiger charge is -2.11. The van der Waals surface area contributed by atoms with E-state index in [-0.39, 0.29) is 17.5 Å². The number of hydrogen-bond acceptors (Lipinski definition) is 9. The summed E-state index contributed by atoms with van der Waals surface area (Å²) in [6.07, 6.45) is 14.8. The summed E-state index contributed by atoms with van der Waals surface area (Å²) in [6, 6.07) is 16.1. The van der Waals surface area contributed by atoms with Gasteiger partial charge in [-0.25, -0.2) is 14.4 Å². The Bertz CT molecular complexity index is 1550. The van der Waals surface area contributed by atoms with Crippen molar-refractivity contribution in [1.82, 2.24) is 0 Å². The van der Waals surface area contributed by atoms with E-state index >= 15 is 0 Å². The Balaban J connectivity index is 1.23. The molecule has 0 amide bonds. The third kappa shape index (κ3) is 14.3. The van der Waals surface area contributed by atoms with Crippen molar-refractivity contribution < 1.29 is 38.5 Å². The molecule has 0 spiro atoms. The van der Waals surface area contributed by atoms with Crippen molar-refractivity contribution in [3.05, 3.63) is 89.0 Å². The summed E-state index contributed by atoms with van der Waals surface area (Å²) in [7, 11) is 0. The van der Waals surface area contributed by atoms with E-state index < -0.39 is 11.9 Å². The molecular weight excluding hydrogens is 624 g/mol. The van der Waals surface area contributed by atoms with Crippen LogP contribution in [0.4, 0.5) is 11.4 Å². The van der Waals surface area contributed by atoms with E-state index in [1.807, 2.05) is 6.92 Å². The van der Waals surface area contributed by atoms with Gasteiger partial charge in [-0.2, -0.15) is 0 Å². The first kappa shape index (κ1) is 38.3. The molecule has 0 aliphatic heterocycles. The van der Waals surface area contributed by atoms with Crippen molar-refractivity contribution in [1.29, 1.82) is 0 Å². The molecule has 5 N–H and O–H groups in total. The second-order valence-electron chi connectivity index (χ2n) is 11.9. The highest BCUT2D eigenvalue weighted by molar-refractivity contribution is 5.93. The molecule has 0 saturated carbocycles. The van der Waals surface area contributed by atoms with Crippen LogP contribution in [0.2, 0.25) is 0 Å². The molecule has 3 aromatic rings. The number of anilines is 2. The Morgan fingerprint density at radius 1 is 0.735 bits per heavy atom. The van der Waals surface area contributed by atoms with Crippen LogP contribution in [0.1, 0.15) is 116 Å². The van der Waals surface area contributed by atoms with Crippen LogP contribution in [0, 0.1) is 0 Å². The molecule has 0 unspecified atom stereocenters. The maximum Gasteiger partial charge on any atom is 0.338 e. The largest absolute Gasteiger partial charge is 0.478 e. The van der Waals surface area contributed by atoms with E-state index in [1.165, 1.54) is 12.1 Å². The highest BCUT2D eigenvalue weighted by Gasteiger charge is 2.14. The molecule has 0 aliphatic carbocycles. The van der Waals surface area contributed by atoms with Gasteiger partial charge in [0, 0.05) is 23.9 Å². The predicted octanol–water partition coefficient (Wildman–Crippen LogP) is 8.17. The molecule has 262 valence electrons. The standard InChI is InChI=1S/C39H48N2O8/c1-2-3-14-36(42)48-31-20-22-32(23-21-31)49-37(43)24-17-28-15-18-29(19-16-28)39(46)47-25-12-10-8-6-4-5-7-9-11-13-33-34(38(44)45)26-30(40)27-35(33)41/h15-24,26-27H,2-14,25,40-41H2,1H3,(H,44,45)/b24-17+. The van der Waals surface area contributed by atoms with Crippen LogP contribution in [0.25, 0.3) is 6.08 Å². The smallest absolute Gasteiger partial charge is 0.338 e. The van der Waals surface area contributed by atoms with Crippen molar-refractivity contribution in [2.45, 2.75) is 90.4 Å². The molecule has 10 heteroatoms. The van der Waals surface area contributed by atoms with Crippen LogP contribution in [-0.4, -0.2) is 35.6 Å². The number of rotatable bonds is 21. The van der Waals surface area contributed by atoms with Gasteiger partial charge in [0.2, 0.25) is 0 Å². The van der Waals surface area contributed by atoms with E-state index in [0.717, 1.165) is 76.2 Å². The molecule has 0 aromatic heterocycles. The minimum Gasteiger partial charge on any atom is -0.478 e. The summed E-state index contributed by atoms with van der Waals surface area (Å²) in [5.74, 6) is -1.53. The SMILES string of the molecule is CCCCC(=O)Oc1ccc(OC(=O)/C=C/c2ccc(C(=O)OCCCCCCCCCCCc3c(N)cc(N)cc3C(=O)O)cc2)cc1. The molecule has 0 radical (unpaired) electrons. The van der Waals surface area contributed by atoms with Crippen LogP contribution < -0.4 is 20.9 Å². The van der Waals surface area contributed by atoms with Crippen molar-refractivity contribution in [2.75, 3.05) is 18.1 Å². The number of ether oxygens (including phenoxy) is 3. The molecule has 0 saturated heterocycles. The number of carboxylic acid groups (broad SMARTS) is 1. The van der Waals surface area contributed by atoms with E-state index in [2.05, 4.69) is 0 Å². The summed E-state index contributed by atoms with van der Waals surface area (Å²) >= 11 is 0. The van der Waals surface area contributed by atoms with Gasteiger partial charge in [0.25, 0.3) is 0 Å². The zero-order valence-corrected chi connectivity index (χ0v) is 28.3. The number of benzene rings is 3. The lowest BCUT2D eigenvalue weighted by atomic mass is 9.98. The molecule has 0 atom stereocenters. The Morgan fingerprint density at radius 2 is 1.33 bits per heavy atom. The number of nitrogen functional groups attached to an aromatic ring is 2. The predicted molar refractivity (Wildman–Crippen MR) is 190 cm³/mol. The number of carbonyl (C=O) groups excluding carboxylic acids is 3. The summed E-state index contributed by atoms with van der Waals surface area (Å²) < 4.78 is 16.0. The summed E-state index contributed by atoms with van der Waals surface area (Å²) in [5, 5.41) is 9.42. The molecule has 0 heterocycles. The number of carbonyl (C=O) groups is 4. The Kier molecular flexibility index (Phi) is 16.4. The number of carboxylic acids is 1. The molecule has 3 rings (SSSR count). The molecular formula is C39H48N2O8. The number of unbranched alkanes of at least 4 members (excludes halogenated alkanes) is 9. The molecule has 0 fully saturated rings. The maximum absolute atomic E-state index is 12.4. The molecule has 49 heavy (non-hydrogen) atoms. The van der Waals surface area contributed by atoms with Gasteiger partial charge >= 0.3 is 23.9 Å². The van der Waals surface area contributed by atoms with E-state index in [1.54, 1.807) is 60.7 Å². The Labute approximate surface area is 288 Å². The zero-order valence-electron chi connectivity index (χ0n) is 28.3. The van der Waals surface area contributed by atoms with E-state index in [9.17, 15) is 24.3 Å². The number of nitrogens with two attached hydrogens (primary N) is 2. The molecule has 10 nitrogen and oxygen atoms in total. The van der Waals surface area contributed by atoms with E-state index in [4.69, 9.17) is 25.7 Å². The summed E-state index contributed by atoms with van der Waals surface area (Å²) in [5.41, 5.74) is 14.6. The first-order chi connectivity index (χ1) is 23.7. The fourth-order valence-electron chi connectivity index (χ4n) is 5.20. The topological polar surface area (TPSA) is 168 Å². The van der Waals surface area contributed by atoms with Gasteiger partial charge in [0.05, 0.1) is 17.7 Å². The van der Waals surface area contributed by atoms with Crippen molar-refractivity contribution in [3.63, 3.8) is 0 Å². The minimum absolute atomic E-state index is 0.190. The first-order valence-electron chi connectivity index (χ1n) is 17.0. The second kappa shape index (κ2) is 21.0. The van der Waals surface area contributed by atoms with Crippen molar-refractivity contribution >= 4 is 41.3 Å². The Hall–Kier alpha value is -5.12. The quantitative estimate of drug-likeness (QED) is 0.0330. The van der Waals surface area contributed by atoms with E-state index in [0.29, 0.717) is 53.4 Å². The number of hydrogen-bond donors (Lipinski definition) is 3. The summed E-state index contributed by atoms with van der Waals surface area (Å²) in [4.78, 5) is 47.9. The minimum atomic E-state index is -1.01. The fourth-order valence-corrected chi connectivity index (χ4v) is 5.20. The van der Waals surface area contributed by atoms with Crippen LogP contribution >= 0.6 is 0 Å².